The highest BCUT2D eigenvalue weighted by Gasteiger charge is 2.19. The Morgan fingerprint density at radius 3 is 2.47 bits per heavy atom. The first-order valence-corrected chi connectivity index (χ1v) is 8.57. The van der Waals surface area contributed by atoms with Gasteiger partial charge in [0.1, 0.15) is 0 Å². The second-order valence-electron chi connectivity index (χ2n) is 4.96. The van der Waals surface area contributed by atoms with Crippen molar-refractivity contribution in [3.8, 4) is 0 Å². The number of ether oxygens (including phenoxy) is 1. The Bertz CT molecular complexity index is 426. The molecule has 0 saturated carbocycles. The standard InChI is InChI=1S/C15H19NOS2/c1-4-12(11-17-7-1)10-16-15(13-5-2-8-18-13)14-6-3-9-19-14/h2-3,5-6,8-9,12,15-16H,1,4,7,10-11H2. The number of hydrogen-bond donors (Lipinski definition) is 1. The maximum Gasteiger partial charge on any atom is 0.0764 e. The molecule has 1 fully saturated rings. The van der Waals surface area contributed by atoms with Gasteiger partial charge in [0.2, 0.25) is 0 Å². The van der Waals surface area contributed by atoms with Crippen LogP contribution in [0.1, 0.15) is 28.6 Å². The van der Waals surface area contributed by atoms with E-state index >= 15 is 0 Å². The van der Waals surface area contributed by atoms with Gasteiger partial charge < -0.3 is 10.1 Å². The highest BCUT2D eigenvalue weighted by atomic mass is 32.1. The van der Waals surface area contributed by atoms with Crippen molar-refractivity contribution in [3.05, 3.63) is 44.8 Å². The molecule has 0 spiro atoms. The summed E-state index contributed by atoms with van der Waals surface area (Å²) in [6.07, 6.45) is 2.49. The zero-order valence-corrected chi connectivity index (χ0v) is 12.5. The molecule has 0 amide bonds. The molecule has 102 valence electrons. The normalized spacial score (nSPS) is 19.9. The summed E-state index contributed by atoms with van der Waals surface area (Å²) >= 11 is 3.66. The molecule has 2 nitrogen and oxygen atoms in total. The highest BCUT2D eigenvalue weighted by Crippen LogP contribution is 2.29. The minimum Gasteiger partial charge on any atom is -0.381 e. The SMILES string of the molecule is c1csc(C(NCC2CCCOC2)c2cccs2)c1. The van der Waals surface area contributed by atoms with Crippen LogP contribution in [-0.2, 0) is 4.74 Å². The first-order chi connectivity index (χ1) is 9.43. The predicted octanol–water partition coefficient (Wildman–Crippen LogP) is 3.92. The van der Waals surface area contributed by atoms with Crippen molar-refractivity contribution in [2.24, 2.45) is 5.92 Å². The second kappa shape index (κ2) is 6.66. The third-order valence-corrected chi connectivity index (χ3v) is 5.39. The summed E-state index contributed by atoms with van der Waals surface area (Å²) in [7, 11) is 0. The predicted molar refractivity (Wildman–Crippen MR) is 82.0 cm³/mol. The van der Waals surface area contributed by atoms with Crippen molar-refractivity contribution in [2.75, 3.05) is 19.8 Å². The zero-order valence-electron chi connectivity index (χ0n) is 10.9. The molecule has 2 aromatic rings. The van der Waals surface area contributed by atoms with Gasteiger partial charge in [-0.15, -0.1) is 22.7 Å². The Hall–Kier alpha value is -0.680. The fraction of sp³-hybridized carbons (Fsp3) is 0.467. The topological polar surface area (TPSA) is 21.3 Å². The van der Waals surface area contributed by atoms with Crippen LogP contribution in [0.15, 0.2) is 35.0 Å². The number of hydrogen-bond acceptors (Lipinski definition) is 4. The molecule has 0 radical (unpaired) electrons. The lowest BCUT2D eigenvalue weighted by molar-refractivity contribution is 0.0543. The Morgan fingerprint density at radius 2 is 1.95 bits per heavy atom. The third kappa shape index (κ3) is 3.45. The van der Waals surface area contributed by atoms with Gasteiger partial charge in [-0.25, -0.2) is 0 Å². The molecular formula is C15H19NOS2. The van der Waals surface area contributed by atoms with Crippen LogP contribution in [-0.4, -0.2) is 19.8 Å². The Labute approximate surface area is 122 Å². The van der Waals surface area contributed by atoms with Crippen LogP contribution in [0.5, 0.6) is 0 Å². The number of thiophene rings is 2. The summed E-state index contributed by atoms with van der Waals surface area (Å²) in [5.74, 6) is 0.663. The summed E-state index contributed by atoms with van der Waals surface area (Å²) in [5.41, 5.74) is 0. The number of rotatable bonds is 5. The van der Waals surface area contributed by atoms with Gasteiger partial charge in [-0.1, -0.05) is 12.1 Å². The van der Waals surface area contributed by atoms with Gasteiger partial charge in [0.05, 0.1) is 12.6 Å². The molecule has 1 saturated heterocycles. The Kier molecular flexibility index (Phi) is 4.66. The fourth-order valence-corrected chi connectivity index (χ4v) is 4.22. The van der Waals surface area contributed by atoms with Gasteiger partial charge >= 0.3 is 0 Å². The van der Waals surface area contributed by atoms with E-state index in [1.807, 2.05) is 22.7 Å². The van der Waals surface area contributed by atoms with Crippen molar-refractivity contribution < 1.29 is 4.74 Å². The molecule has 0 aliphatic carbocycles. The quantitative estimate of drug-likeness (QED) is 0.902. The fourth-order valence-electron chi connectivity index (χ4n) is 2.51. The van der Waals surface area contributed by atoms with Gasteiger partial charge in [0.15, 0.2) is 0 Å². The molecular weight excluding hydrogens is 274 g/mol. The largest absolute Gasteiger partial charge is 0.381 e. The van der Waals surface area contributed by atoms with Crippen molar-refractivity contribution in [3.63, 3.8) is 0 Å². The van der Waals surface area contributed by atoms with Crippen molar-refractivity contribution >= 4 is 22.7 Å². The van der Waals surface area contributed by atoms with Gasteiger partial charge in [-0.2, -0.15) is 0 Å². The first kappa shape index (κ1) is 13.3. The maximum atomic E-state index is 5.56. The lowest BCUT2D eigenvalue weighted by atomic mass is 10.0. The summed E-state index contributed by atoms with van der Waals surface area (Å²) in [6.45, 7) is 2.89. The molecule has 0 bridgehead atoms. The molecule has 3 heterocycles. The monoisotopic (exact) mass is 293 g/mol. The van der Waals surface area contributed by atoms with E-state index in [9.17, 15) is 0 Å². The van der Waals surface area contributed by atoms with Crippen LogP contribution in [0.25, 0.3) is 0 Å². The lowest BCUT2D eigenvalue weighted by Gasteiger charge is -2.25. The van der Waals surface area contributed by atoms with E-state index in [0.29, 0.717) is 12.0 Å². The van der Waals surface area contributed by atoms with Crippen LogP contribution in [0.2, 0.25) is 0 Å². The molecule has 1 aliphatic rings. The summed E-state index contributed by atoms with van der Waals surface area (Å²) < 4.78 is 5.56. The molecule has 2 aromatic heterocycles. The van der Waals surface area contributed by atoms with Gasteiger partial charge in [-0.05, 0) is 41.7 Å². The molecule has 1 aliphatic heterocycles. The zero-order chi connectivity index (χ0) is 12.9. The summed E-state index contributed by atoms with van der Waals surface area (Å²) in [4.78, 5) is 2.80. The average Bonchev–Trinajstić information content (AvgIpc) is 3.13. The van der Waals surface area contributed by atoms with E-state index in [0.717, 1.165) is 19.8 Å². The summed E-state index contributed by atoms with van der Waals surface area (Å²) in [5, 5.41) is 8.04. The molecule has 1 unspecified atom stereocenters. The maximum absolute atomic E-state index is 5.56. The highest BCUT2D eigenvalue weighted by molar-refractivity contribution is 7.11. The Morgan fingerprint density at radius 1 is 1.21 bits per heavy atom. The molecule has 1 atom stereocenters. The molecule has 3 rings (SSSR count). The molecule has 1 N–H and O–H groups in total. The average molecular weight is 293 g/mol. The van der Waals surface area contributed by atoms with E-state index in [1.165, 1.54) is 22.6 Å². The van der Waals surface area contributed by atoms with Crippen LogP contribution in [0.4, 0.5) is 0 Å². The number of nitrogens with one attached hydrogen (secondary N) is 1. The minimum absolute atomic E-state index is 0.349. The van der Waals surface area contributed by atoms with E-state index in [4.69, 9.17) is 4.74 Å². The van der Waals surface area contributed by atoms with E-state index in [1.54, 1.807) is 0 Å². The van der Waals surface area contributed by atoms with Gasteiger partial charge in [-0.3, -0.25) is 0 Å². The van der Waals surface area contributed by atoms with Crippen molar-refractivity contribution in [1.82, 2.24) is 5.32 Å². The minimum atomic E-state index is 0.349. The van der Waals surface area contributed by atoms with Gasteiger partial charge in [0.25, 0.3) is 0 Å². The lowest BCUT2D eigenvalue weighted by Crippen LogP contribution is -2.31. The second-order valence-corrected chi connectivity index (χ2v) is 6.91. The first-order valence-electron chi connectivity index (χ1n) is 6.81. The van der Waals surface area contributed by atoms with E-state index in [2.05, 4.69) is 40.3 Å². The summed E-state index contributed by atoms with van der Waals surface area (Å²) in [6, 6.07) is 9.05. The molecule has 4 heteroatoms. The van der Waals surface area contributed by atoms with Crippen LogP contribution >= 0.6 is 22.7 Å². The van der Waals surface area contributed by atoms with E-state index in [-0.39, 0.29) is 0 Å². The molecule has 0 aromatic carbocycles. The Balaban J connectivity index is 1.66. The van der Waals surface area contributed by atoms with Crippen LogP contribution < -0.4 is 5.32 Å². The molecule has 19 heavy (non-hydrogen) atoms. The van der Waals surface area contributed by atoms with Crippen LogP contribution in [0.3, 0.4) is 0 Å². The van der Waals surface area contributed by atoms with E-state index < -0.39 is 0 Å². The van der Waals surface area contributed by atoms with Crippen molar-refractivity contribution in [1.29, 1.82) is 0 Å². The van der Waals surface area contributed by atoms with Gasteiger partial charge in [0, 0.05) is 22.9 Å². The van der Waals surface area contributed by atoms with Crippen LogP contribution in [0, 0.1) is 5.92 Å². The third-order valence-electron chi connectivity index (χ3n) is 3.52. The van der Waals surface area contributed by atoms with Crippen molar-refractivity contribution in [2.45, 2.75) is 18.9 Å². The smallest absolute Gasteiger partial charge is 0.0764 e.